The number of anilines is 1. The molecule has 0 aliphatic rings. The molecule has 1 unspecified atom stereocenters. The summed E-state index contributed by atoms with van der Waals surface area (Å²) in [6.07, 6.45) is 0. The molecule has 19 heavy (non-hydrogen) atoms. The molecule has 106 valence electrons. The second-order valence-electron chi connectivity index (χ2n) is 4.50. The number of nitrogens with one attached hydrogen (secondary N) is 1. The molecule has 0 saturated carbocycles. The molecule has 0 bridgehead atoms. The second kappa shape index (κ2) is 6.01. The van der Waals surface area contributed by atoms with Gasteiger partial charge in [-0.25, -0.2) is 8.42 Å². The number of benzene rings is 1. The summed E-state index contributed by atoms with van der Waals surface area (Å²) in [5, 5.41) is 13.7. The molecule has 0 saturated heterocycles. The Labute approximate surface area is 112 Å². The Hall–Kier alpha value is -1.63. The predicted octanol–water partition coefficient (Wildman–Crippen LogP) is 2.14. The molecule has 0 spiro atoms. The van der Waals surface area contributed by atoms with Crippen LogP contribution in [0.25, 0.3) is 0 Å². The van der Waals surface area contributed by atoms with Gasteiger partial charge in [0.15, 0.2) is 9.84 Å². The third kappa shape index (κ3) is 4.51. The average molecular weight is 286 g/mol. The van der Waals surface area contributed by atoms with Gasteiger partial charge in [0.05, 0.1) is 10.7 Å². The van der Waals surface area contributed by atoms with E-state index in [1.165, 1.54) is 12.1 Å². The lowest BCUT2D eigenvalue weighted by Gasteiger charge is -2.16. The number of nitro benzene ring substituents is 1. The highest BCUT2D eigenvalue weighted by Crippen LogP contribution is 2.21. The van der Waals surface area contributed by atoms with Gasteiger partial charge in [0.2, 0.25) is 0 Å². The smallest absolute Gasteiger partial charge is 0.269 e. The van der Waals surface area contributed by atoms with Gasteiger partial charge in [0.1, 0.15) is 0 Å². The summed E-state index contributed by atoms with van der Waals surface area (Å²) < 4.78 is 23.0. The van der Waals surface area contributed by atoms with Crippen LogP contribution >= 0.6 is 0 Å². The monoisotopic (exact) mass is 286 g/mol. The van der Waals surface area contributed by atoms with E-state index < -0.39 is 14.8 Å². The highest BCUT2D eigenvalue weighted by atomic mass is 32.2. The first-order valence-electron chi connectivity index (χ1n) is 5.97. The van der Waals surface area contributed by atoms with Crippen LogP contribution in [0, 0.1) is 17.0 Å². The van der Waals surface area contributed by atoms with Gasteiger partial charge < -0.3 is 5.32 Å². The topological polar surface area (TPSA) is 89.3 Å². The molecule has 1 aromatic rings. The molecule has 1 aromatic carbocycles. The van der Waals surface area contributed by atoms with Gasteiger partial charge in [-0.1, -0.05) is 6.92 Å². The molecule has 0 radical (unpaired) electrons. The predicted molar refractivity (Wildman–Crippen MR) is 75.2 cm³/mol. The standard InChI is InChI=1S/C12H18N2O4S/c1-4-19(17,18)8-10(3)13-12-6-5-11(14(15)16)7-9(12)2/h5-7,10,13H,4,8H2,1-3H3. The SMILES string of the molecule is CCS(=O)(=O)CC(C)Nc1ccc([N+](=O)[O-])cc1C. The lowest BCUT2D eigenvalue weighted by molar-refractivity contribution is -0.384. The Bertz CT molecular complexity index is 569. The zero-order chi connectivity index (χ0) is 14.6. The number of rotatable bonds is 6. The number of nitrogens with zero attached hydrogens (tertiary/aromatic N) is 1. The zero-order valence-corrected chi connectivity index (χ0v) is 12.0. The first kappa shape index (κ1) is 15.4. The highest BCUT2D eigenvalue weighted by Gasteiger charge is 2.15. The first-order chi connectivity index (χ1) is 8.75. The van der Waals surface area contributed by atoms with Crippen molar-refractivity contribution in [3.05, 3.63) is 33.9 Å². The van der Waals surface area contributed by atoms with Crippen molar-refractivity contribution in [1.29, 1.82) is 0 Å². The van der Waals surface area contributed by atoms with E-state index in [-0.39, 0.29) is 23.2 Å². The maximum absolute atomic E-state index is 11.5. The van der Waals surface area contributed by atoms with Gasteiger partial charge in [-0.15, -0.1) is 0 Å². The fourth-order valence-electron chi connectivity index (χ4n) is 1.73. The van der Waals surface area contributed by atoms with Gasteiger partial charge >= 0.3 is 0 Å². The van der Waals surface area contributed by atoms with E-state index in [9.17, 15) is 18.5 Å². The van der Waals surface area contributed by atoms with Crippen LogP contribution < -0.4 is 5.32 Å². The van der Waals surface area contributed by atoms with Crippen LogP contribution in [0.2, 0.25) is 0 Å². The largest absolute Gasteiger partial charge is 0.381 e. The maximum Gasteiger partial charge on any atom is 0.269 e. The van der Waals surface area contributed by atoms with Crippen molar-refractivity contribution in [1.82, 2.24) is 0 Å². The summed E-state index contributed by atoms with van der Waals surface area (Å²) in [4.78, 5) is 10.2. The molecule has 0 aliphatic carbocycles. The molecule has 1 atom stereocenters. The first-order valence-corrected chi connectivity index (χ1v) is 7.79. The Morgan fingerprint density at radius 2 is 2.05 bits per heavy atom. The lowest BCUT2D eigenvalue weighted by atomic mass is 10.1. The minimum atomic E-state index is -3.04. The molecule has 0 amide bonds. The third-order valence-electron chi connectivity index (χ3n) is 2.77. The summed E-state index contributed by atoms with van der Waals surface area (Å²) in [6, 6.07) is 4.22. The number of aryl methyl sites for hydroxylation is 1. The van der Waals surface area contributed by atoms with Gasteiger partial charge in [-0.05, 0) is 25.5 Å². The molecule has 6 nitrogen and oxygen atoms in total. The number of nitro groups is 1. The van der Waals surface area contributed by atoms with Crippen LogP contribution in [0.15, 0.2) is 18.2 Å². The molecule has 0 fully saturated rings. The van der Waals surface area contributed by atoms with E-state index >= 15 is 0 Å². The van der Waals surface area contributed by atoms with Crippen molar-refractivity contribution in [3.63, 3.8) is 0 Å². The van der Waals surface area contributed by atoms with E-state index in [1.54, 1.807) is 26.8 Å². The summed E-state index contributed by atoms with van der Waals surface area (Å²) in [6.45, 7) is 5.13. The van der Waals surface area contributed by atoms with Gasteiger partial charge in [-0.2, -0.15) is 0 Å². The second-order valence-corrected chi connectivity index (χ2v) is 6.90. The van der Waals surface area contributed by atoms with Gasteiger partial charge in [0.25, 0.3) is 5.69 Å². The van der Waals surface area contributed by atoms with Gasteiger partial charge in [-0.3, -0.25) is 10.1 Å². The molecular formula is C12H18N2O4S. The average Bonchev–Trinajstić information content (AvgIpc) is 2.30. The normalized spacial score (nSPS) is 13.0. The van der Waals surface area contributed by atoms with Gasteiger partial charge in [0, 0.05) is 29.6 Å². The molecule has 7 heteroatoms. The van der Waals surface area contributed by atoms with Crippen LogP contribution in [0.5, 0.6) is 0 Å². The van der Waals surface area contributed by atoms with Crippen LogP contribution in [0.1, 0.15) is 19.4 Å². The van der Waals surface area contributed by atoms with Crippen LogP contribution in [0.4, 0.5) is 11.4 Å². The molecule has 0 aromatic heterocycles. The van der Waals surface area contributed by atoms with E-state index in [2.05, 4.69) is 5.32 Å². The Morgan fingerprint density at radius 3 is 2.53 bits per heavy atom. The van der Waals surface area contributed by atoms with Crippen molar-refractivity contribution in [3.8, 4) is 0 Å². The van der Waals surface area contributed by atoms with Crippen molar-refractivity contribution >= 4 is 21.2 Å². The minimum Gasteiger partial charge on any atom is -0.381 e. The zero-order valence-electron chi connectivity index (χ0n) is 11.2. The summed E-state index contributed by atoms with van der Waals surface area (Å²) in [5.74, 6) is 0.151. The third-order valence-corrected chi connectivity index (χ3v) is 4.65. The molecule has 0 aliphatic heterocycles. The number of hydrogen-bond acceptors (Lipinski definition) is 5. The number of sulfone groups is 1. The Balaban J connectivity index is 2.80. The van der Waals surface area contributed by atoms with E-state index in [4.69, 9.17) is 0 Å². The van der Waals surface area contributed by atoms with E-state index in [1.807, 2.05) is 0 Å². The maximum atomic E-state index is 11.5. The fourth-order valence-corrected chi connectivity index (χ4v) is 2.81. The molecule has 1 rings (SSSR count). The number of non-ortho nitro benzene ring substituents is 1. The van der Waals surface area contributed by atoms with Crippen molar-refractivity contribution in [2.24, 2.45) is 0 Å². The summed E-state index contributed by atoms with van der Waals surface area (Å²) in [7, 11) is -3.04. The summed E-state index contributed by atoms with van der Waals surface area (Å²) >= 11 is 0. The van der Waals surface area contributed by atoms with Crippen molar-refractivity contribution in [2.45, 2.75) is 26.8 Å². The lowest BCUT2D eigenvalue weighted by Crippen LogP contribution is -2.27. The van der Waals surface area contributed by atoms with Crippen LogP contribution in [-0.2, 0) is 9.84 Å². The number of hydrogen-bond donors (Lipinski definition) is 1. The molecule has 0 heterocycles. The van der Waals surface area contributed by atoms with Crippen LogP contribution in [0.3, 0.4) is 0 Å². The van der Waals surface area contributed by atoms with Crippen molar-refractivity contribution < 1.29 is 13.3 Å². The molecule has 1 N–H and O–H groups in total. The quantitative estimate of drug-likeness (QED) is 0.639. The fraction of sp³-hybridized carbons (Fsp3) is 0.500. The van der Waals surface area contributed by atoms with Crippen molar-refractivity contribution in [2.75, 3.05) is 16.8 Å². The summed E-state index contributed by atoms with van der Waals surface area (Å²) in [5.41, 5.74) is 1.45. The molecular weight excluding hydrogens is 268 g/mol. The van der Waals surface area contributed by atoms with E-state index in [0.717, 1.165) is 5.56 Å². The minimum absolute atomic E-state index is 0.0249. The Kier molecular flexibility index (Phi) is 4.88. The Morgan fingerprint density at radius 1 is 1.42 bits per heavy atom. The highest BCUT2D eigenvalue weighted by molar-refractivity contribution is 7.91. The van der Waals surface area contributed by atoms with Crippen LogP contribution in [-0.4, -0.2) is 30.9 Å². The van der Waals surface area contributed by atoms with E-state index in [0.29, 0.717) is 5.69 Å².